The van der Waals surface area contributed by atoms with E-state index < -0.39 is 0 Å². The molecule has 0 saturated carbocycles. The van der Waals surface area contributed by atoms with Crippen molar-refractivity contribution < 1.29 is 19.7 Å². The summed E-state index contributed by atoms with van der Waals surface area (Å²) in [7, 11) is 0. The van der Waals surface area contributed by atoms with Crippen molar-refractivity contribution in [1.29, 1.82) is 0 Å². The molecule has 0 radical (unpaired) electrons. The summed E-state index contributed by atoms with van der Waals surface area (Å²) in [4.78, 5) is 0. The van der Waals surface area contributed by atoms with E-state index >= 15 is 0 Å². The zero-order chi connectivity index (χ0) is 11.4. The molecule has 2 atom stereocenters. The molecule has 0 bridgehead atoms. The monoisotopic (exact) mass is 208 g/mol. The van der Waals surface area contributed by atoms with Gasteiger partial charge in [0.15, 0.2) is 0 Å². The van der Waals surface area contributed by atoms with Gasteiger partial charge in [0.1, 0.15) is 0 Å². The molecule has 0 rings (SSSR count). The molecule has 0 aromatic rings. The summed E-state index contributed by atoms with van der Waals surface area (Å²) in [5.41, 5.74) is 0. The van der Waals surface area contributed by atoms with Crippen molar-refractivity contribution in [2.45, 2.75) is 39.9 Å². The molecule has 4 nitrogen and oxygen atoms in total. The van der Waals surface area contributed by atoms with Gasteiger partial charge < -0.3 is 19.7 Å². The van der Waals surface area contributed by atoms with Crippen molar-refractivity contribution in [3.63, 3.8) is 0 Å². The third-order valence-electron chi connectivity index (χ3n) is 1.27. The lowest BCUT2D eigenvalue weighted by atomic mass is 10.4. The minimum atomic E-state index is -0.319. The second-order valence-electron chi connectivity index (χ2n) is 2.96. The first-order valence-electron chi connectivity index (χ1n) is 5.06. The minimum Gasteiger partial charge on any atom is -0.394 e. The summed E-state index contributed by atoms with van der Waals surface area (Å²) in [6.45, 7) is 9.30. The van der Waals surface area contributed by atoms with Crippen LogP contribution in [0.3, 0.4) is 0 Å². The van der Waals surface area contributed by atoms with Crippen molar-refractivity contribution >= 4 is 0 Å². The first-order valence-corrected chi connectivity index (χ1v) is 5.06. The van der Waals surface area contributed by atoms with Crippen LogP contribution in [0.15, 0.2) is 0 Å². The molecule has 0 aliphatic carbocycles. The van der Waals surface area contributed by atoms with E-state index in [1.165, 1.54) is 0 Å². The Labute approximate surface area is 86.8 Å². The van der Waals surface area contributed by atoms with Gasteiger partial charge in [-0.25, -0.2) is 0 Å². The topological polar surface area (TPSA) is 58.9 Å². The Bertz CT molecular complexity index is 96.1. The van der Waals surface area contributed by atoms with Crippen molar-refractivity contribution in [3.05, 3.63) is 0 Å². The van der Waals surface area contributed by atoms with Gasteiger partial charge in [-0.1, -0.05) is 0 Å². The van der Waals surface area contributed by atoms with Crippen molar-refractivity contribution in [2.24, 2.45) is 0 Å². The molecule has 2 unspecified atom stereocenters. The van der Waals surface area contributed by atoms with Gasteiger partial charge in [0.25, 0.3) is 0 Å². The highest BCUT2D eigenvalue weighted by molar-refractivity contribution is 4.40. The summed E-state index contributed by atoms with van der Waals surface area (Å²) in [6, 6.07) is 0. The summed E-state index contributed by atoms with van der Waals surface area (Å²) >= 11 is 0. The lowest BCUT2D eigenvalue weighted by Gasteiger charge is -2.04. The van der Waals surface area contributed by atoms with Crippen molar-refractivity contribution in [2.75, 3.05) is 26.4 Å². The van der Waals surface area contributed by atoms with Crippen LogP contribution < -0.4 is 0 Å². The fourth-order valence-corrected chi connectivity index (χ4v) is 0.626. The Kier molecular flexibility index (Phi) is 14.9. The molecular weight excluding hydrogens is 184 g/mol. The Balaban J connectivity index is 0. The van der Waals surface area contributed by atoms with Crippen LogP contribution in [0.4, 0.5) is 0 Å². The van der Waals surface area contributed by atoms with Gasteiger partial charge in [-0.3, -0.25) is 0 Å². The maximum absolute atomic E-state index is 8.56. The molecule has 0 fully saturated rings. The largest absolute Gasteiger partial charge is 0.394 e. The Morgan fingerprint density at radius 1 is 1.14 bits per heavy atom. The standard InChI is InChI=1S/2C5H12O2/c1-3-7-4-5(2)6;1-3-7-5(2)4-6/h2*5-6H,3-4H2,1-2H3. The van der Waals surface area contributed by atoms with Crippen LogP contribution in [0.5, 0.6) is 0 Å². The van der Waals surface area contributed by atoms with Gasteiger partial charge in [0.05, 0.1) is 25.4 Å². The molecule has 88 valence electrons. The van der Waals surface area contributed by atoms with E-state index in [0.29, 0.717) is 19.8 Å². The normalized spacial score (nSPS) is 14.1. The third kappa shape index (κ3) is 17.8. The molecule has 0 saturated heterocycles. The molecule has 14 heavy (non-hydrogen) atoms. The van der Waals surface area contributed by atoms with Crippen LogP contribution in [0.1, 0.15) is 27.7 Å². The van der Waals surface area contributed by atoms with Gasteiger partial charge in [-0.05, 0) is 27.7 Å². The third-order valence-corrected chi connectivity index (χ3v) is 1.27. The van der Waals surface area contributed by atoms with Crippen molar-refractivity contribution in [3.8, 4) is 0 Å². The fraction of sp³-hybridized carbons (Fsp3) is 1.00. The molecule has 0 aromatic heterocycles. The first kappa shape index (κ1) is 16.3. The van der Waals surface area contributed by atoms with Crippen LogP contribution in [0.25, 0.3) is 0 Å². The molecule has 0 spiro atoms. The smallest absolute Gasteiger partial charge is 0.0777 e. The van der Waals surface area contributed by atoms with Gasteiger partial charge >= 0.3 is 0 Å². The fourth-order valence-electron chi connectivity index (χ4n) is 0.626. The number of hydrogen-bond acceptors (Lipinski definition) is 4. The van der Waals surface area contributed by atoms with Gasteiger partial charge in [-0.2, -0.15) is 0 Å². The maximum atomic E-state index is 8.56. The van der Waals surface area contributed by atoms with Crippen molar-refractivity contribution in [1.82, 2.24) is 0 Å². The zero-order valence-electron chi connectivity index (χ0n) is 9.69. The second kappa shape index (κ2) is 12.8. The van der Waals surface area contributed by atoms with Gasteiger partial charge in [-0.15, -0.1) is 0 Å². The lowest BCUT2D eigenvalue weighted by Crippen LogP contribution is -2.11. The Hall–Kier alpha value is -0.160. The minimum absolute atomic E-state index is 0.00463. The summed E-state index contributed by atoms with van der Waals surface area (Å²) in [5, 5.41) is 16.9. The maximum Gasteiger partial charge on any atom is 0.0777 e. The average Bonchev–Trinajstić information content (AvgIpc) is 2.16. The number of rotatable bonds is 6. The molecule has 0 heterocycles. The molecule has 0 aliphatic rings. The SMILES string of the molecule is CCOC(C)CO.CCOCC(C)O. The van der Waals surface area contributed by atoms with Gasteiger partial charge in [0.2, 0.25) is 0 Å². The summed E-state index contributed by atoms with van der Waals surface area (Å²) in [5.74, 6) is 0. The molecule has 4 heteroatoms. The highest BCUT2D eigenvalue weighted by Crippen LogP contribution is 1.84. The van der Waals surface area contributed by atoms with Gasteiger partial charge in [0, 0.05) is 13.2 Å². The molecule has 0 aliphatic heterocycles. The molecule has 2 N–H and O–H groups in total. The second-order valence-corrected chi connectivity index (χ2v) is 2.96. The van der Waals surface area contributed by atoms with E-state index in [1.54, 1.807) is 6.92 Å². The van der Waals surface area contributed by atoms with E-state index in [9.17, 15) is 0 Å². The lowest BCUT2D eigenvalue weighted by molar-refractivity contribution is 0.0325. The zero-order valence-corrected chi connectivity index (χ0v) is 9.69. The van der Waals surface area contributed by atoms with E-state index in [-0.39, 0.29) is 18.8 Å². The number of aliphatic hydroxyl groups is 2. The highest BCUT2D eigenvalue weighted by atomic mass is 16.5. The van der Waals surface area contributed by atoms with E-state index in [0.717, 1.165) is 0 Å². The van der Waals surface area contributed by atoms with Crippen LogP contribution in [-0.4, -0.2) is 48.8 Å². The first-order chi connectivity index (χ1) is 6.58. The van der Waals surface area contributed by atoms with Crippen LogP contribution in [0, 0.1) is 0 Å². The number of ether oxygens (including phenoxy) is 2. The van der Waals surface area contributed by atoms with Crippen LogP contribution >= 0.6 is 0 Å². The average molecular weight is 208 g/mol. The van der Waals surface area contributed by atoms with E-state index in [1.807, 2.05) is 20.8 Å². The number of hydrogen-bond donors (Lipinski definition) is 2. The van der Waals surface area contributed by atoms with E-state index in [4.69, 9.17) is 19.7 Å². The molecular formula is C10H24O4. The predicted octanol–water partition coefficient (Wildman–Crippen LogP) is 0.807. The molecule has 0 amide bonds. The summed E-state index contributed by atoms with van der Waals surface area (Å²) < 4.78 is 9.79. The predicted molar refractivity (Wildman–Crippen MR) is 56.3 cm³/mol. The Morgan fingerprint density at radius 3 is 1.86 bits per heavy atom. The molecule has 0 aromatic carbocycles. The Morgan fingerprint density at radius 2 is 1.71 bits per heavy atom. The quantitative estimate of drug-likeness (QED) is 0.678. The van der Waals surface area contributed by atoms with Crippen LogP contribution in [0.2, 0.25) is 0 Å². The van der Waals surface area contributed by atoms with E-state index in [2.05, 4.69) is 0 Å². The summed E-state index contributed by atoms with van der Waals surface area (Å²) in [6.07, 6.45) is -0.315. The highest BCUT2D eigenvalue weighted by Gasteiger charge is 1.93. The number of aliphatic hydroxyl groups excluding tert-OH is 2. The van der Waals surface area contributed by atoms with Crippen LogP contribution in [-0.2, 0) is 9.47 Å².